The second kappa shape index (κ2) is 9.92. The van der Waals surface area contributed by atoms with Crippen LogP contribution in [-0.2, 0) is 6.54 Å². The van der Waals surface area contributed by atoms with E-state index >= 15 is 0 Å². The molecule has 1 amide bonds. The van der Waals surface area contributed by atoms with Gasteiger partial charge in [-0.15, -0.1) is 0 Å². The molecule has 4 rings (SSSR count). The highest BCUT2D eigenvalue weighted by Crippen LogP contribution is 2.28. The number of likely N-dealkylation sites (tertiary alicyclic amines) is 1. The molecule has 2 heterocycles. The highest BCUT2D eigenvalue weighted by atomic mass is 16.5. The number of amides is 1. The van der Waals surface area contributed by atoms with Crippen molar-refractivity contribution in [2.24, 2.45) is 0 Å². The monoisotopic (exact) mass is 434 g/mol. The predicted molar refractivity (Wildman–Crippen MR) is 125 cm³/mol. The fourth-order valence-corrected chi connectivity index (χ4v) is 4.27. The van der Waals surface area contributed by atoms with Gasteiger partial charge in [0.25, 0.3) is 5.91 Å². The van der Waals surface area contributed by atoms with Crippen molar-refractivity contribution in [3.05, 3.63) is 77.7 Å². The van der Waals surface area contributed by atoms with Gasteiger partial charge in [0.2, 0.25) is 0 Å². The average molecular weight is 435 g/mol. The minimum absolute atomic E-state index is 0.0881. The first-order valence-corrected chi connectivity index (χ1v) is 11.0. The Morgan fingerprint density at radius 2 is 1.69 bits per heavy atom. The Bertz CT molecular complexity index is 1000. The summed E-state index contributed by atoms with van der Waals surface area (Å²) in [6.45, 7) is 4.67. The molecule has 1 aliphatic rings. The van der Waals surface area contributed by atoms with Crippen molar-refractivity contribution in [3.63, 3.8) is 0 Å². The Balaban J connectivity index is 1.48. The van der Waals surface area contributed by atoms with Gasteiger partial charge in [-0.2, -0.15) is 0 Å². The van der Waals surface area contributed by atoms with Gasteiger partial charge in [-0.05, 0) is 61.7 Å². The number of hydrogen-bond acceptors (Lipinski definition) is 5. The summed E-state index contributed by atoms with van der Waals surface area (Å²) in [5.41, 5.74) is 3.23. The van der Waals surface area contributed by atoms with Gasteiger partial charge in [-0.25, -0.2) is 0 Å². The van der Waals surface area contributed by atoms with E-state index in [-0.39, 0.29) is 11.9 Å². The van der Waals surface area contributed by atoms with Crippen molar-refractivity contribution in [2.45, 2.75) is 32.4 Å². The number of piperidine rings is 1. The van der Waals surface area contributed by atoms with Gasteiger partial charge in [0.05, 0.1) is 20.5 Å². The number of rotatable bonds is 7. The largest absolute Gasteiger partial charge is 0.497 e. The first-order chi connectivity index (χ1) is 15.6. The number of carbonyl (C=O) groups is 1. The number of carbonyl (C=O) groups excluding carboxylic acids is 1. The molecule has 0 atom stereocenters. The SMILES string of the molecule is COc1cc(CN2CCC(N(C(=O)c3ccco3)c3ccc(C)cc3)CC2)cc(OC)c1. The molecule has 0 saturated carbocycles. The third-order valence-electron chi connectivity index (χ3n) is 6.00. The Kier molecular flexibility index (Phi) is 6.81. The van der Waals surface area contributed by atoms with Gasteiger partial charge in [0.15, 0.2) is 5.76 Å². The summed E-state index contributed by atoms with van der Waals surface area (Å²) >= 11 is 0. The summed E-state index contributed by atoms with van der Waals surface area (Å²) in [5.74, 6) is 1.87. The lowest BCUT2D eigenvalue weighted by Gasteiger charge is -2.38. The summed E-state index contributed by atoms with van der Waals surface area (Å²) in [5, 5.41) is 0. The molecule has 2 aromatic carbocycles. The van der Waals surface area contributed by atoms with Crippen molar-refractivity contribution >= 4 is 11.6 Å². The molecule has 1 fully saturated rings. The molecular formula is C26H30N2O4. The topological polar surface area (TPSA) is 55.2 Å². The number of methoxy groups -OCH3 is 2. The van der Waals surface area contributed by atoms with Crippen molar-refractivity contribution in [2.75, 3.05) is 32.2 Å². The molecule has 0 bridgehead atoms. The Morgan fingerprint density at radius 3 is 2.25 bits per heavy atom. The van der Waals surface area contributed by atoms with Crippen molar-refractivity contribution in [3.8, 4) is 11.5 Å². The van der Waals surface area contributed by atoms with E-state index in [9.17, 15) is 4.79 Å². The lowest BCUT2D eigenvalue weighted by atomic mass is 10.0. The van der Waals surface area contributed by atoms with Crippen LogP contribution in [0, 0.1) is 6.92 Å². The lowest BCUT2D eigenvalue weighted by Crippen LogP contribution is -2.47. The Labute approximate surface area is 189 Å². The van der Waals surface area contributed by atoms with E-state index in [2.05, 4.69) is 11.8 Å². The van der Waals surface area contributed by atoms with Gasteiger partial charge in [0, 0.05) is 37.4 Å². The van der Waals surface area contributed by atoms with Gasteiger partial charge in [0.1, 0.15) is 11.5 Å². The Morgan fingerprint density at radius 1 is 1.03 bits per heavy atom. The number of benzene rings is 2. The number of aryl methyl sites for hydroxylation is 1. The third kappa shape index (κ3) is 4.97. The van der Waals surface area contributed by atoms with E-state index in [0.29, 0.717) is 5.76 Å². The van der Waals surface area contributed by atoms with Crippen LogP contribution in [0.3, 0.4) is 0 Å². The van der Waals surface area contributed by atoms with Crippen LogP contribution in [0.1, 0.15) is 34.5 Å². The molecule has 0 unspecified atom stereocenters. The van der Waals surface area contributed by atoms with Crippen LogP contribution in [0.4, 0.5) is 5.69 Å². The van der Waals surface area contributed by atoms with E-state index in [1.807, 2.05) is 47.4 Å². The van der Waals surface area contributed by atoms with E-state index in [4.69, 9.17) is 13.9 Å². The van der Waals surface area contributed by atoms with Crippen molar-refractivity contribution in [1.29, 1.82) is 0 Å². The van der Waals surface area contributed by atoms with Crippen LogP contribution < -0.4 is 14.4 Å². The van der Waals surface area contributed by atoms with Gasteiger partial charge < -0.3 is 18.8 Å². The molecule has 0 aliphatic carbocycles. The van der Waals surface area contributed by atoms with Gasteiger partial charge in [-0.3, -0.25) is 9.69 Å². The number of furan rings is 1. The van der Waals surface area contributed by atoms with Crippen LogP contribution in [-0.4, -0.2) is 44.2 Å². The number of hydrogen-bond donors (Lipinski definition) is 0. The molecule has 0 N–H and O–H groups in total. The molecule has 32 heavy (non-hydrogen) atoms. The molecule has 1 aliphatic heterocycles. The standard InChI is InChI=1S/C26H30N2O4/c1-19-6-8-21(9-7-19)28(26(29)25-5-4-14-32-25)22-10-12-27(13-11-22)18-20-15-23(30-2)17-24(16-20)31-3/h4-9,14-17,22H,10-13,18H2,1-3H3. The summed E-state index contributed by atoms with van der Waals surface area (Å²) < 4.78 is 16.2. The number of anilines is 1. The maximum Gasteiger partial charge on any atom is 0.294 e. The highest BCUT2D eigenvalue weighted by molar-refractivity contribution is 6.04. The highest BCUT2D eigenvalue weighted by Gasteiger charge is 2.31. The van der Waals surface area contributed by atoms with Crippen LogP contribution in [0.25, 0.3) is 0 Å². The minimum atomic E-state index is -0.0881. The van der Waals surface area contributed by atoms with E-state index in [1.54, 1.807) is 32.6 Å². The van der Waals surface area contributed by atoms with Gasteiger partial charge in [-0.1, -0.05) is 17.7 Å². The summed E-state index contributed by atoms with van der Waals surface area (Å²) in [7, 11) is 3.33. The molecule has 3 aromatic rings. The second-order valence-electron chi connectivity index (χ2n) is 8.22. The number of ether oxygens (including phenoxy) is 2. The maximum absolute atomic E-state index is 13.3. The lowest BCUT2D eigenvalue weighted by molar-refractivity contribution is 0.0931. The molecular weight excluding hydrogens is 404 g/mol. The first-order valence-electron chi connectivity index (χ1n) is 11.0. The molecule has 168 valence electrons. The quantitative estimate of drug-likeness (QED) is 0.529. The molecule has 0 radical (unpaired) electrons. The van der Waals surface area contributed by atoms with E-state index in [1.165, 1.54) is 5.56 Å². The molecule has 6 heteroatoms. The fraction of sp³-hybridized carbons (Fsp3) is 0.346. The number of nitrogens with zero attached hydrogens (tertiary/aromatic N) is 2. The Hall–Kier alpha value is -3.25. The summed E-state index contributed by atoms with van der Waals surface area (Å²) in [6.07, 6.45) is 3.33. The van der Waals surface area contributed by atoms with Crippen molar-refractivity contribution < 1.29 is 18.7 Å². The predicted octanol–water partition coefficient (Wildman–Crippen LogP) is 4.92. The summed E-state index contributed by atoms with van der Waals surface area (Å²) in [6, 6.07) is 17.7. The smallest absolute Gasteiger partial charge is 0.294 e. The third-order valence-corrected chi connectivity index (χ3v) is 6.00. The molecule has 6 nitrogen and oxygen atoms in total. The fourth-order valence-electron chi connectivity index (χ4n) is 4.27. The first kappa shape index (κ1) is 22.0. The van der Waals surface area contributed by atoms with E-state index in [0.717, 1.165) is 55.2 Å². The zero-order valence-electron chi connectivity index (χ0n) is 18.9. The zero-order chi connectivity index (χ0) is 22.5. The average Bonchev–Trinajstić information content (AvgIpc) is 3.36. The van der Waals surface area contributed by atoms with Crippen LogP contribution in [0.15, 0.2) is 65.3 Å². The van der Waals surface area contributed by atoms with Crippen LogP contribution in [0.5, 0.6) is 11.5 Å². The van der Waals surface area contributed by atoms with Gasteiger partial charge >= 0.3 is 0 Å². The normalized spacial score (nSPS) is 14.8. The van der Waals surface area contributed by atoms with E-state index < -0.39 is 0 Å². The minimum Gasteiger partial charge on any atom is -0.497 e. The van der Waals surface area contributed by atoms with Crippen LogP contribution >= 0.6 is 0 Å². The zero-order valence-corrected chi connectivity index (χ0v) is 18.9. The molecule has 1 aromatic heterocycles. The summed E-state index contributed by atoms with van der Waals surface area (Å²) in [4.78, 5) is 17.6. The van der Waals surface area contributed by atoms with Crippen LogP contribution in [0.2, 0.25) is 0 Å². The molecule has 0 spiro atoms. The molecule has 1 saturated heterocycles. The maximum atomic E-state index is 13.3. The second-order valence-corrected chi connectivity index (χ2v) is 8.22. The van der Waals surface area contributed by atoms with Crippen molar-refractivity contribution in [1.82, 2.24) is 4.90 Å².